The molecule has 2 heterocycles. The molecular formula is C27H33N3. The van der Waals surface area contributed by atoms with E-state index >= 15 is 0 Å². The van der Waals surface area contributed by atoms with Crippen molar-refractivity contribution >= 4 is 0 Å². The van der Waals surface area contributed by atoms with Crippen molar-refractivity contribution in [3.63, 3.8) is 0 Å². The molecule has 3 nitrogen and oxygen atoms in total. The van der Waals surface area contributed by atoms with E-state index in [0.29, 0.717) is 0 Å². The molecule has 1 aromatic heterocycles. The zero-order valence-corrected chi connectivity index (χ0v) is 18.1. The second kappa shape index (κ2) is 10.5. The van der Waals surface area contributed by atoms with E-state index < -0.39 is 0 Å². The Kier molecular flexibility index (Phi) is 7.25. The Hall–Kier alpha value is -2.52. The third-order valence-electron chi connectivity index (χ3n) is 6.18. The third-order valence-corrected chi connectivity index (χ3v) is 6.18. The van der Waals surface area contributed by atoms with Crippen molar-refractivity contribution in [2.45, 2.75) is 51.9 Å². The zero-order valence-electron chi connectivity index (χ0n) is 18.1. The van der Waals surface area contributed by atoms with E-state index in [0.717, 1.165) is 43.1 Å². The maximum absolute atomic E-state index is 4.86. The Morgan fingerprint density at radius 3 is 2.53 bits per heavy atom. The maximum Gasteiger partial charge on any atom is 0.128 e. The average Bonchev–Trinajstić information content (AvgIpc) is 2.79. The minimum absolute atomic E-state index is 0.869. The molecule has 156 valence electrons. The molecule has 0 radical (unpaired) electrons. The minimum atomic E-state index is 0.869. The summed E-state index contributed by atoms with van der Waals surface area (Å²) >= 11 is 0. The first-order chi connectivity index (χ1) is 14.8. The van der Waals surface area contributed by atoms with Crippen LogP contribution in [0.2, 0.25) is 0 Å². The number of hydrogen-bond acceptors (Lipinski definition) is 3. The van der Waals surface area contributed by atoms with Gasteiger partial charge < -0.3 is 5.32 Å². The zero-order chi connectivity index (χ0) is 20.6. The predicted molar refractivity (Wildman–Crippen MR) is 125 cm³/mol. The molecule has 1 fully saturated rings. The fraction of sp³-hybridized carbons (Fsp3) is 0.407. The summed E-state index contributed by atoms with van der Waals surface area (Å²) in [6.07, 6.45) is 10.1. The highest BCUT2D eigenvalue weighted by molar-refractivity contribution is 5.59. The number of nitrogens with zero attached hydrogens (tertiary/aromatic N) is 2. The summed E-state index contributed by atoms with van der Waals surface area (Å²) < 4.78 is 0. The fourth-order valence-electron chi connectivity index (χ4n) is 4.43. The Labute approximate surface area is 181 Å². The number of rotatable bonds is 8. The molecule has 0 bridgehead atoms. The lowest BCUT2D eigenvalue weighted by Gasteiger charge is -2.22. The molecule has 0 aliphatic carbocycles. The summed E-state index contributed by atoms with van der Waals surface area (Å²) in [7, 11) is 0. The van der Waals surface area contributed by atoms with Crippen molar-refractivity contribution in [1.29, 1.82) is 0 Å². The van der Waals surface area contributed by atoms with Gasteiger partial charge in [-0.15, -0.1) is 0 Å². The molecule has 2 aromatic carbocycles. The van der Waals surface area contributed by atoms with Gasteiger partial charge in [-0.25, -0.2) is 9.97 Å². The number of hydrogen-bond donors (Lipinski definition) is 1. The highest BCUT2D eigenvalue weighted by atomic mass is 14.9. The molecule has 1 aliphatic heterocycles. The van der Waals surface area contributed by atoms with Crippen molar-refractivity contribution in [2.24, 2.45) is 5.92 Å². The van der Waals surface area contributed by atoms with Crippen LogP contribution in [0, 0.1) is 12.8 Å². The molecule has 3 aromatic rings. The lowest BCUT2D eigenvalue weighted by atomic mass is 9.91. The van der Waals surface area contributed by atoms with Gasteiger partial charge in [-0.3, -0.25) is 0 Å². The van der Waals surface area contributed by atoms with E-state index in [2.05, 4.69) is 65.8 Å². The number of benzene rings is 2. The summed E-state index contributed by atoms with van der Waals surface area (Å²) in [6.45, 7) is 4.51. The van der Waals surface area contributed by atoms with Crippen LogP contribution in [0.4, 0.5) is 0 Å². The van der Waals surface area contributed by atoms with Crippen molar-refractivity contribution in [1.82, 2.24) is 15.3 Å². The minimum Gasteiger partial charge on any atom is -0.317 e. The molecule has 0 unspecified atom stereocenters. The van der Waals surface area contributed by atoms with Gasteiger partial charge in [0.05, 0.1) is 5.69 Å². The van der Waals surface area contributed by atoms with Crippen LogP contribution in [0.5, 0.6) is 0 Å². The first kappa shape index (κ1) is 20.7. The monoisotopic (exact) mass is 399 g/mol. The molecular weight excluding hydrogens is 366 g/mol. The van der Waals surface area contributed by atoms with Crippen LogP contribution >= 0.6 is 0 Å². The molecule has 0 spiro atoms. The quantitative estimate of drug-likeness (QED) is 0.539. The van der Waals surface area contributed by atoms with E-state index in [9.17, 15) is 0 Å². The summed E-state index contributed by atoms with van der Waals surface area (Å²) in [4.78, 5) is 9.38. The number of aromatic nitrogens is 2. The Balaban J connectivity index is 1.35. The first-order valence-corrected chi connectivity index (χ1v) is 11.4. The number of nitrogens with one attached hydrogen (secondary N) is 1. The SMILES string of the molecule is Cc1cccc(CCCc2nccc(-c3cccc(CCC4CCNCC4)c3)n2)c1. The van der Waals surface area contributed by atoms with Gasteiger partial charge in [0.2, 0.25) is 0 Å². The second-order valence-electron chi connectivity index (χ2n) is 8.63. The topological polar surface area (TPSA) is 37.8 Å². The molecule has 1 N–H and O–H groups in total. The van der Waals surface area contributed by atoms with E-state index in [-0.39, 0.29) is 0 Å². The van der Waals surface area contributed by atoms with Crippen LogP contribution in [0.3, 0.4) is 0 Å². The average molecular weight is 400 g/mol. The third kappa shape index (κ3) is 5.99. The summed E-state index contributed by atoms with van der Waals surface area (Å²) in [5, 5.41) is 3.46. The maximum atomic E-state index is 4.86. The van der Waals surface area contributed by atoms with Gasteiger partial charge in [-0.05, 0) is 87.7 Å². The molecule has 0 saturated carbocycles. The Bertz CT molecular complexity index is 944. The van der Waals surface area contributed by atoms with Crippen molar-refractivity contribution in [2.75, 3.05) is 13.1 Å². The van der Waals surface area contributed by atoms with E-state index in [1.54, 1.807) is 0 Å². The van der Waals surface area contributed by atoms with Crippen LogP contribution in [-0.4, -0.2) is 23.1 Å². The van der Waals surface area contributed by atoms with Crippen LogP contribution in [0.1, 0.15) is 48.2 Å². The normalized spacial score (nSPS) is 14.7. The largest absolute Gasteiger partial charge is 0.317 e. The lowest BCUT2D eigenvalue weighted by molar-refractivity contribution is 0.354. The van der Waals surface area contributed by atoms with Gasteiger partial charge in [0, 0.05) is 18.2 Å². The van der Waals surface area contributed by atoms with Gasteiger partial charge in [-0.2, -0.15) is 0 Å². The molecule has 0 atom stereocenters. The smallest absolute Gasteiger partial charge is 0.128 e. The number of aryl methyl sites for hydroxylation is 4. The van der Waals surface area contributed by atoms with Gasteiger partial charge >= 0.3 is 0 Å². The van der Waals surface area contributed by atoms with E-state index in [1.807, 2.05) is 12.3 Å². The Morgan fingerprint density at radius 1 is 0.900 bits per heavy atom. The van der Waals surface area contributed by atoms with Crippen LogP contribution in [0.15, 0.2) is 60.8 Å². The van der Waals surface area contributed by atoms with Crippen LogP contribution in [-0.2, 0) is 19.3 Å². The van der Waals surface area contributed by atoms with Gasteiger partial charge in [0.15, 0.2) is 0 Å². The number of piperidine rings is 1. The summed E-state index contributed by atoms with van der Waals surface area (Å²) in [6, 6.07) is 19.7. The predicted octanol–water partition coefficient (Wildman–Crippen LogP) is 5.56. The van der Waals surface area contributed by atoms with Gasteiger partial charge in [0.25, 0.3) is 0 Å². The van der Waals surface area contributed by atoms with E-state index in [1.165, 1.54) is 54.6 Å². The molecule has 0 amide bonds. The lowest BCUT2D eigenvalue weighted by Crippen LogP contribution is -2.27. The fourth-order valence-corrected chi connectivity index (χ4v) is 4.43. The summed E-state index contributed by atoms with van der Waals surface area (Å²) in [5.41, 5.74) is 6.39. The van der Waals surface area contributed by atoms with Gasteiger partial charge in [0.1, 0.15) is 5.82 Å². The van der Waals surface area contributed by atoms with Gasteiger partial charge in [-0.1, -0.05) is 48.0 Å². The molecule has 1 aliphatic rings. The first-order valence-electron chi connectivity index (χ1n) is 11.4. The summed E-state index contributed by atoms with van der Waals surface area (Å²) in [5.74, 6) is 1.81. The Morgan fingerprint density at radius 2 is 1.70 bits per heavy atom. The van der Waals surface area contributed by atoms with Crippen molar-refractivity contribution < 1.29 is 0 Å². The molecule has 4 rings (SSSR count). The molecule has 3 heteroatoms. The standard InChI is InChI=1S/C27H33N3/c1-21-5-2-6-23(19-21)8-4-10-27-29-18-15-26(30-27)25-9-3-7-24(20-25)12-11-22-13-16-28-17-14-22/h2-3,5-7,9,15,18-20,22,28H,4,8,10-14,16-17H2,1H3. The highest BCUT2D eigenvalue weighted by Gasteiger charge is 2.13. The molecule has 30 heavy (non-hydrogen) atoms. The van der Waals surface area contributed by atoms with Crippen molar-refractivity contribution in [3.8, 4) is 11.3 Å². The van der Waals surface area contributed by atoms with E-state index in [4.69, 9.17) is 4.98 Å². The van der Waals surface area contributed by atoms with Crippen molar-refractivity contribution in [3.05, 3.63) is 83.3 Å². The molecule has 1 saturated heterocycles. The van der Waals surface area contributed by atoms with Crippen LogP contribution < -0.4 is 5.32 Å². The van der Waals surface area contributed by atoms with Crippen LogP contribution in [0.25, 0.3) is 11.3 Å². The highest BCUT2D eigenvalue weighted by Crippen LogP contribution is 2.22. The second-order valence-corrected chi connectivity index (χ2v) is 8.63.